The first-order valence-corrected chi connectivity index (χ1v) is 6.97. The Bertz CT molecular complexity index is 685. The minimum atomic E-state index is 0.220. The molecule has 0 bridgehead atoms. The van der Waals surface area contributed by atoms with Crippen LogP contribution < -0.4 is 5.32 Å². The number of rotatable bonds is 5. The molecule has 0 aliphatic rings. The van der Waals surface area contributed by atoms with Crippen molar-refractivity contribution in [3.8, 4) is 0 Å². The largest absolute Gasteiger partial charge is 0.472 e. The molecule has 2 heterocycles. The number of aryl methyl sites for hydroxylation is 1. The van der Waals surface area contributed by atoms with Crippen molar-refractivity contribution in [1.29, 1.82) is 0 Å². The molecule has 0 fully saturated rings. The van der Waals surface area contributed by atoms with Crippen LogP contribution in [0.2, 0.25) is 0 Å². The second-order valence-corrected chi connectivity index (χ2v) is 4.88. The third-order valence-electron chi connectivity index (χ3n) is 3.73. The quantitative estimate of drug-likeness (QED) is 0.773. The summed E-state index contributed by atoms with van der Waals surface area (Å²) < 4.78 is 7.25. The molecule has 2 aromatic heterocycles. The van der Waals surface area contributed by atoms with Crippen LogP contribution in [-0.4, -0.2) is 16.8 Å². The average molecular weight is 269 g/mol. The molecule has 3 aromatic rings. The van der Waals surface area contributed by atoms with Crippen LogP contribution in [0.4, 0.5) is 0 Å². The fourth-order valence-corrected chi connectivity index (χ4v) is 2.64. The van der Waals surface area contributed by atoms with Crippen molar-refractivity contribution in [2.24, 2.45) is 0 Å². The molecule has 1 aromatic carbocycles. The highest BCUT2D eigenvalue weighted by atomic mass is 16.3. The lowest BCUT2D eigenvalue weighted by Crippen LogP contribution is -2.18. The van der Waals surface area contributed by atoms with Crippen LogP contribution in [0.25, 0.3) is 10.9 Å². The first-order valence-electron chi connectivity index (χ1n) is 6.97. The molecular formula is C16H19N3O. The van der Waals surface area contributed by atoms with Gasteiger partial charge in [0.05, 0.1) is 23.7 Å². The van der Waals surface area contributed by atoms with E-state index in [0.717, 1.165) is 24.2 Å². The van der Waals surface area contributed by atoms with E-state index in [1.54, 1.807) is 12.5 Å². The fraction of sp³-hybridized carbons (Fsp3) is 0.312. The van der Waals surface area contributed by atoms with E-state index in [1.807, 2.05) is 13.1 Å². The first kappa shape index (κ1) is 12.9. The average Bonchev–Trinajstić information content (AvgIpc) is 3.13. The molecule has 0 aliphatic carbocycles. The number of hydrogen-bond acceptors (Lipinski definition) is 3. The molecule has 0 spiro atoms. The Morgan fingerprint density at radius 3 is 2.85 bits per heavy atom. The van der Waals surface area contributed by atoms with Crippen molar-refractivity contribution in [2.45, 2.75) is 25.9 Å². The molecule has 0 aliphatic heterocycles. The van der Waals surface area contributed by atoms with E-state index < -0.39 is 0 Å². The number of aromatic nitrogens is 2. The standard InChI is InChI=1S/C16H19N3O/c1-3-19-16-7-5-4-6-13(16)15(18-19)10-14(17-2)12-8-9-20-11-12/h4-9,11,14,17H,3,10H2,1-2H3. The number of nitrogens with one attached hydrogen (secondary N) is 1. The third kappa shape index (κ3) is 2.23. The first-order chi connectivity index (χ1) is 9.83. The summed E-state index contributed by atoms with van der Waals surface area (Å²) >= 11 is 0. The van der Waals surface area contributed by atoms with E-state index in [1.165, 1.54) is 10.9 Å². The van der Waals surface area contributed by atoms with Gasteiger partial charge in [0.2, 0.25) is 0 Å². The zero-order valence-electron chi connectivity index (χ0n) is 11.8. The van der Waals surface area contributed by atoms with Crippen molar-refractivity contribution in [3.05, 3.63) is 54.1 Å². The van der Waals surface area contributed by atoms with Gasteiger partial charge in [0.15, 0.2) is 0 Å². The van der Waals surface area contributed by atoms with Crippen LogP contribution in [-0.2, 0) is 13.0 Å². The third-order valence-corrected chi connectivity index (χ3v) is 3.73. The Balaban J connectivity index is 1.98. The molecule has 4 nitrogen and oxygen atoms in total. The van der Waals surface area contributed by atoms with Gasteiger partial charge in [0.25, 0.3) is 0 Å². The lowest BCUT2D eigenvalue weighted by molar-refractivity contribution is 0.537. The summed E-state index contributed by atoms with van der Waals surface area (Å²) in [6.07, 6.45) is 4.35. The molecule has 1 atom stereocenters. The minimum absolute atomic E-state index is 0.220. The van der Waals surface area contributed by atoms with Crippen LogP contribution in [0.3, 0.4) is 0 Å². The number of hydrogen-bond donors (Lipinski definition) is 1. The normalized spacial score (nSPS) is 12.9. The highest BCUT2D eigenvalue weighted by Gasteiger charge is 2.16. The predicted octanol–water partition coefficient (Wildman–Crippen LogP) is 3.15. The fourth-order valence-electron chi connectivity index (χ4n) is 2.64. The van der Waals surface area contributed by atoms with Crippen molar-refractivity contribution in [1.82, 2.24) is 15.1 Å². The molecule has 104 valence electrons. The molecule has 0 saturated heterocycles. The SMILES string of the molecule is CCn1nc(CC(NC)c2ccoc2)c2ccccc21. The van der Waals surface area contributed by atoms with E-state index in [9.17, 15) is 0 Å². The molecule has 0 amide bonds. The number of furan rings is 1. The summed E-state index contributed by atoms with van der Waals surface area (Å²) in [7, 11) is 1.97. The monoisotopic (exact) mass is 269 g/mol. The number of likely N-dealkylation sites (N-methyl/N-ethyl adjacent to an activating group) is 1. The summed E-state index contributed by atoms with van der Waals surface area (Å²) in [6, 6.07) is 10.6. The Labute approximate surface area is 118 Å². The van der Waals surface area contributed by atoms with Crippen LogP contribution >= 0.6 is 0 Å². The second-order valence-electron chi connectivity index (χ2n) is 4.88. The molecule has 0 radical (unpaired) electrons. The number of fused-ring (bicyclic) bond motifs is 1. The van der Waals surface area contributed by atoms with Gasteiger partial charge in [-0.15, -0.1) is 0 Å². The van der Waals surface area contributed by atoms with Gasteiger partial charge in [-0.2, -0.15) is 5.10 Å². The van der Waals surface area contributed by atoms with E-state index in [2.05, 4.69) is 41.2 Å². The smallest absolute Gasteiger partial charge is 0.0950 e. The van der Waals surface area contributed by atoms with Gasteiger partial charge in [0, 0.05) is 30.0 Å². The molecule has 3 rings (SSSR count). The van der Waals surface area contributed by atoms with Gasteiger partial charge in [-0.3, -0.25) is 4.68 Å². The maximum atomic E-state index is 5.18. The van der Waals surface area contributed by atoms with Crippen molar-refractivity contribution >= 4 is 10.9 Å². The van der Waals surface area contributed by atoms with Gasteiger partial charge in [-0.1, -0.05) is 18.2 Å². The number of benzene rings is 1. The van der Waals surface area contributed by atoms with Gasteiger partial charge >= 0.3 is 0 Å². The lowest BCUT2D eigenvalue weighted by atomic mass is 10.0. The summed E-state index contributed by atoms with van der Waals surface area (Å²) in [6.45, 7) is 3.01. The molecule has 4 heteroatoms. The zero-order chi connectivity index (χ0) is 13.9. The van der Waals surface area contributed by atoms with Gasteiger partial charge in [-0.05, 0) is 26.1 Å². The Morgan fingerprint density at radius 2 is 2.15 bits per heavy atom. The van der Waals surface area contributed by atoms with Crippen molar-refractivity contribution < 1.29 is 4.42 Å². The summed E-state index contributed by atoms with van der Waals surface area (Å²) in [5.74, 6) is 0. The second kappa shape index (κ2) is 5.51. The van der Waals surface area contributed by atoms with Gasteiger partial charge < -0.3 is 9.73 Å². The van der Waals surface area contributed by atoms with Crippen molar-refractivity contribution in [2.75, 3.05) is 7.05 Å². The van der Waals surface area contributed by atoms with Gasteiger partial charge in [-0.25, -0.2) is 0 Å². The summed E-state index contributed by atoms with van der Waals surface area (Å²) in [5, 5.41) is 9.32. The highest BCUT2D eigenvalue weighted by Crippen LogP contribution is 2.24. The minimum Gasteiger partial charge on any atom is -0.472 e. The zero-order valence-corrected chi connectivity index (χ0v) is 11.8. The van der Waals surface area contributed by atoms with Crippen LogP contribution in [0, 0.1) is 0 Å². The highest BCUT2D eigenvalue weighted by molar-refractivity contribution is 5.82. The maximum Gasteiger partial charge on any atom is 0.0950 e. The van der Waals surface area contributed by atoms with E-state index >= 15 is 0 Å². The van der Waals surface area contributed by atoms with E-state index in [0.29, 0.717) is 0 Å². The number of nitrogens with zero attached hydrogens (tertiary/aromatic N) is 2. The van der Waals surface area contributed by atoms with Crippen molar-refractivity contribution in [3.63, 3.8) is 0 Å². The Kier molecular flexibility index (Phi) is 3.56. The number of para-hydroxylation sites is 1. The molecule has 1 N–H and O–H groups in total. The molecule has 20 heavy (non-hydrogen) atoms. The lowest BCUT2D eigenvalue weighted by Gasteiger charge is -2.12. The topological polar surface area (TPSA) is 43.0 Å². The molecular weight excluding hydrogens is 250 g/mol. The van der Waals surface area contributed by atoms with Crippen LogP contribution in [0.15, 0.2) is 47.3 Å². The van der Waals surface area contributed by atoms with Gasteiger partial charge in [0.1, 0.15) is 0 Å². The van der Waals surface area contributed by atoms with E-state index in [4.69, 9.17) is 9.52 Å². The Morgan fingerprint density at radius 1 is 1.30 bits per heavy atom. The maximum absolute atomic E-state index is 5.18. The summed E-state index contributed by atoms with van der Waals surface area (Å²) in [4.78, 5) is 0. The predicted molar refractivity (Wildman–Crippen MR) is 79.6 cm³/mol. The summed E-state index contributed by atoms with van der Waals surface area (Å²) in [5.41, 5.74) is 3.48. The molecule has 1 unspecified atom stereocenters. The van der Waals surface area contributed by atoms with E-state index in [-0.39, 0.29) is 6.04 Å². The van der Waals surface area contributed by atoms with Crippen LogP contribution in [0.1, 0.15) is 24.2 Å². The Hall–Kier alpha value is -2.07. The molecule has 0 saturated carbocycles. The van der Waals surface area contributed by atoms with Crippen LogP contribution in [0.5, 0.6) is 0 Å².